The predicted molar refractivity (Wildman–Crippen MR) is 76.1 cm³/mol. The van der Waals surface area contributed by atoms with E-state index >= 15 is 0 Å². The molecule has 5 heteroatoms. The molecule has 108 valence electrons. The Labute approximate surface area is 114 Å². The maximum absolute atomic E-state index is 11.7. The number of aromatic nitrogens is 2. The van der Waals surface area contributed by atoms with E-state index in [9.17, 15) is 4.79 Å². The summed E-state index contributed by atoms with van der Waals surface area (Å²) >= 11 is 0. The molecule has 0 aliphatic heterocycles. The van der Waals surface area contributed by atoms with Crippen LogP contribution in [0.3, 0.4) is 0 Å². The highest BCUT2D eigenvalue weighted by atomic mass is 16.5. The fourth-order valence-corrected chi connectivity index (χ4v) is 1.67. The molecule has 0 fully saturated rings. The number of nitrogens with zero attached hydrogens (tertiary/aromatic N) is 1. The van der Waals surface area contributed by atoms with Crippen molar-refractivity contribution < 1.29 is 4.74 Å². The lowest BCUT2D eigenvalue weighted by Gasteiger charge is -2.24. The first kappa shape index (κ1) is 15.9. The topological polar surface area (TPSA) is 67.0 Å². The summed E-state index contributed by atoms with van der Waals surface area (Å²) in [5.74, 6) is 0.563. The van der Waals surface area contributed by atoms with E-state index in [2.05, 4.69) is 36.1 Å². The summed E-state index contributed by atoms with van der Waals surface area (Å²) in [5.41, 5.74) is -0.0316. The molecule has 0 aliphatic carbocycles. The molecule has 1 rings (SSSR count). The van der Waals surface area contributed by atoms with Gasteiger partial charge in [0.2, 0.25) is 0 Å². The number of hydrogen-bond acceptors (Lipinski definition) is 4. The highest BCUT2D eigenvalue weighted by Crippen LogP contribution is 2.20. The van der Waals surface area contributed by atoms with E-state index in [1.165, 1.54) is 6.07 Å². The van der Waals surface area contributed by atoms with E-state index in [4.69, 9.17) is 4.74 Å². The highest BCUT2D eigenvalue weighted by Gasteiger charge is 2.24. The first-order valence-corrected chi connectivity index (χ1v) is 6.64. The third kappa shape index (κ3) is 5.12. The zero-order valence-corrected chi connectivity index (χ0v) is 12.8. The van der Waals surface area contributed by atoms with Crippen LogP contribution in [0.4, 0.5) is 0 Å². The summed E-state index contributed by atoms with van der Waals surface area (Å²) in [5, 5.41) is 3.32. The molecule has 1 heterocycles. The van der Waals surface area contributed by atoms with E-state index in [0.717, 1.165) is 5.69 Å². The van der Waals surface area contributed by atoms with Gasteiger partial charge in [-0.25, -0.2) is 4.98 Å². The van der Waals surface area contributed by atoms with Crippen molar-refractivity contribution in [3.63, 3.8) is 0 Å². The molecule has 0 spiro atoms. The number of rotatable bonds is 5. The van der Waals surface area contributed by atoms with Gasteiger partial charge < -0.3 is 15.0 Å². The average molecular weight is 267 g/mol. The molecule has 0 amide bonds. The van der Waals surface area contributed by atoms with Crippen molar-refractivity contribution in [2.45, 2.75) is 59.2 Å². The van der Waals surface area contributed by atoms with Crippen LogP contribution in [-0.2, 0) is 16.9 Å². The Morgan fingerprint density at radius 3 is 2.47 bits per heavy atom. The van der Waals surface area contributed by atoms with E-state index < -0.39 is 5.60 Å². The summed E-state index contributed by atoms with van der Waals surface area (Å²) in [4.78, 5) is 18.9. The molecule has 0 aliphatic rings. The first-order valence-electron chi connectivity index (χ1n) is 6.64. The second-order valence-corrected chi connectivity index (χ2v) is 6.13. The Bertz CT molecular complexity index is 472. The molecular weight excluding hydrogens is 242 g/mol. The molecule has 0 saturated heterocycles. The molecule has 0 unspecified atom stereocenters. The van der Waals surface area contributed by atoms with Crippen molar-refractivity contribution in [1.29, 1.82) is 0 Å². The molecule has 0 radical (unpaired) electrons. The third-order valence-electron chi connectivity index (χ3n) is 2.67. The van der Waals surface area contributed by atoms with Gasteiger partial charge in [-0.15, -0.1) is 0 Å². The van der Waals surface area contributed by atoms with Crippen LogP contribution < -0.4 is 10.9 Å². The van der Waals surface area contributed by atoms with Crippen LogP contribution in [0.25, 0.3) is 0 Å². The SMILES string of the molecule is CCOC(C)(C)c1nc(CNC(C)(C)C)cc(=O)[nH]1. The molecule has 0 saturated carbocycles. The van der Waals surface area contributed by atoms with Gasteiger partial charge in [-0.05, 0) is 41.5 Å². The van der Waals surface area contributed by atoms with Crippen LogP contribution in [0.1, 0.15) is 53.1 Å². The normalized spacial score (nSPS) is 12.7. The quantitative estimate of drug-likeness (QED) is 0.855. The van der Waals surface area contributed by atoms with Gasteiger partial charge in [0.1, 0.15) is 11.4 Å². The number of nitrogens with one attached hydrogen (secondary N) is 2. The number of H-pyrrole nitrogens is 1. The van der Waals surface area contributed by atoms with Crippen molar-refractivity contribution in [2.75, 3.05) is 6.61 Å². The van der Waals surface area contributed by atoms with Crippen LogP contribution in [0, 0.1) is 0 Å². The van der Waals surface area contributed by atoms with Crippen LogP contribution in [0.5, 0.6) is 0 Å². The maximum Gasteiger partial charge on any atom is 0.251 e. The van der Waals surface area contributed by atoms with Gasteiger partial charge in [-0.2, -0.15) is 0 Å². The van der Waals surface area contributed by atoms with Crippen molar-refractivity contribution in [1.82, 2.24) is 15.3 Å². The summed E-state index contributed by atoms with van der Waals surface area (Å²) in [7, 11) is 0. The molecule has 0 atom stereocenters. The van der Waals surface area contributed by atoms with Crippen LogP contribution in [-0.4, -0.2) is 22.1 Å². The Kier molecular flexibility index (Phi) is 4.87. The van der Waals surface area contributed by atoms with E-state index in [1.807, 2.05) is 20.8 Å². The minimum Gasteiger partial charge on any atom is -0.368 e. The largest absolute Gasteiger partial charge is 0.368 e. The summed E-state index contributed by atoms with van der Waals surface area (Å²) in [6.07, 6.45) is 0. The molecule has 2 N–H and O–H groups in total. The Hall–Kier alpha value is -1.20. The van der Waals surface area contributed by atoms with Gasteiger partial charge in [-0.1, -0.05) is 0 Å². The third-order valence-corrected chi connectivity index (χ3v) is 2.67. The van der Waals surface area contributed by atoms with Crippen molar-refractivity contribution in [3.8, 4) is 0 Å². The summed E-state index contributed by atoms with van der Waals surface area (Å²) < 4.78 is 5.62. The van der Waals surface area contributed by atoms with Gasteiger partial charge >= 0.3 is 0 Å². The molecular formula is C14H25N3O2. The Morgan fingerprint density at radius 1 is 1.32 bits per heavy atom. The minimum atomic E-state index is -0.592. The van der Waals surface area contributed by atoms with Gasteiger partial charge in [0.25, 0.3) is 5.56 Å². The number of aromatic amines is 1. The first-order chi connectivity index (χ1) is 8.64. The molecule has 0 aromatic carbocycles. The zero-order valence-electron chi connectivity index (χ0n) is 12.8. The van der Waals surface area contributed by atoms with Crippen LogP contribution in [0.15, 0.2) is 10.9 Å². The van der Waals surface area contributed by atoms with E-state index in [0.29, 0.717) is 19.0 Å². The standard InChI is InChI=1S/C14H25N3O2/c1-7-19-14(5,6)12-16-10(8-11(18)17-12)9-15-13(2,3)4/h8,15H,7,9H2,1-6H3,(H,16,17,18). The molecule has 1 aromatic rings. The van der Waals surface area contributed by atoms with Gasteiger partial charge in [0, 0.05) is 24.8 Å². The summed E-state index contributed by atoms with van der Waals surface area (Å²) in [6, 6.07) is 1.52. The predicted octanol–water partition coefficient (Wildman–Crippen LogP) is 1.93. The average Bonchev–Trinajstić information content (AvgIpc) is 2.24. The van der Waals surface area contributed by atoms with Crippen molar-refractivity contribution >= 4 is 0 Å². The van der Waals surface area contributed by atoms with Gasteiger partial charge in [0.15, 0.2) is 0 Å². The van der Waals surface area contributed by atoms with Crippen LogP contribution in [0.2, 0.25) is 0 Å². The smallest absolute Gasteiger partial charge is 0.251 e. The Balaban J connectivity index is 2.98. The van der Waals surface area contributed by atoms with Crippen molar-refractivity contribution in [2.24, 2.45) is 0 Å². The lowest BCUT2D eigenvalue weighted by Crippen LogP contribution is -2.36. The molecule has 5 nitrogen and oxygen atoms in total. The monoisotopic (exact) mass is 267 g/mol. The summed E-state index contributed by atoms with van der Waals surface area (Å²) in [6.45, 7) is 13.1. The van der Waals surface area contributed by atoms with E-state index in [1.54, 1.807) is 0 Å². The van der Waals surface area contributed by atoms with Gasteiger partial charge in [0.05, 0.1) is 5.69 Å². The van der Waals surface area contributed by atoms with Crippen molar-refractivity contribution in [3.05, 3.63) is 27.9 Å². The molecule has 0 bridgehead atoms. The zero-order chi connectivity index (χ0) is 14.7. The number of ether oxygens (including phenoxy) is 1. The lowest BCUT2D eigenvalue weighted by atomic mass is 10.1. The second kappa shape index (κ2) is 5.84. The molecule has 1 aromatic heterocycles. The Morgan fingerprint density at radius 2 is 1.95 bits per heavy atom. The second-order valence-electron chi connectivity index (χ2n) is 6.13. The minimum absolute atomic E-state index is 0.0140. The van der Waals surface area contributed by atoms with Gasteiger partial charge in [-0.3, -0.25) is 4.79 Å². The molecule has 19 heavy (non-hydrogen) atoms. The maximum atomic E-state index is 11.7. The fourth-order valence-electron chi connectivity index (χ4n) is 1.67. The highest BCUT2D eigenvalue weighted by molar-refractivity contribution is 5.07. The van der Waals surface area contributed by atoms with Crippen LogP contribution >= 0.6 is 0 Å². The lowest BCUT2D eigenvalue weighted by molar-refractivity contribution is -0.0211. The fraction of sp³-hybridized carbons (Fsp3) is 0.714. The van der Waals surface area contributed by atoms with E-state index in [-0.39, 0.29) is 11.1 Å². The number of hydrogen-bond donors (Lipinski definition) is 2.